The summed E-state index contributed by atoms with van der Waals surface area (Å²) < 4.78 is 28.9. The standard InChI is InChI=1S/C13H16N2O5S/c1-20-10-5-3-4-9(8-10)14-13(17)11-6-7-12(16)15(11)21(2,18)19/h3-5,8,11H,6-7H2,1-2H3,(H,14,17). The number of amides is 2. The molecule has 0 spiro atoms. The van der Waals surface area contributed by atoms with Crippen molar-refractivity contribution in [2.24, 2.45) is 0 Å². The first-order chi connectivity index (χ1) is 9.82. The van der Waals surface area contributed by atoms with Crippen LogP contribution in [0.5, 0.6) is 5.75 Å². The Bertz CT molecular complexity index is 671. The number of nitrogens with one attached hydrogen (secondary N) is 1. The van der Waals surface area contributed by atoms with Gasteiger partial charge in [0.15, 0.2) is 0 Å². The summed E-state index contributed by atoms with van der Waals surface area (Å²) in [4.78, 5) is 23.8. The quantitative estimate of drug-likeness (QED) is 0.878. The van der Waals surface area contributed by atoms with Gasteiger partial charge in [-0.2, -0.15) is 0 Å². The van der Waals surface area contributed by atoms with E-state index in [0.29, 0.717) is 15.7 Å². The first kappa shape index (κ1) is 15.3. The van der Waals surface area contributed by atoms with Crippen molar-refractivity contribution >= 4 is 27.5 Å². The van der Waals surface area contributed by atoms with Gasteiger partial charge in [-0.15, -0.1) is 0 Å². The largest absolute Gasteiger partial charge is 0.497 e. The van der Waals surface area contributed by atoms with Gasteiger partial charge in [0.1, 0.15) is 11.8 Å². The zero-order valence-corrected chi connectivity index (χ0v) is 12.5. The number of benzene rings is 1. The SMILES string of the molecule is COc1cccc(NC(=O)C2CCC(=O)N2S(C)(=O)=O)c1. The lowest BCUT2D eigenvalue weighted by Gasteiger charge is -2.21. The number of hydrogen-bond donors (Lipinski definition) is 1. The van der Waals surface area contributed by atoms with Crippen LogP contribution in [0.2, 0.25) is 0 Å². The molecular weight excluding hydrogens is 296 g/mol. The van der Waals surface area contributed by atoms with Crippen LogP contribution in [0, 0.1) is 0 Å². The molecule has 8 heteroatoms. The van der Waals surface area contributed by atoms with Crippen LogP contribution in [-0.4, -0.2) is 43.9 Å². The topological polar surface area (TPSA) is 92.8 Å². The predicted octanol–water partition coefficient (Wildman–Crippen LogP) is 0.584. The van der Waals surface area contributed by atoms with Gasteiger partial charge in [0, 0.05) is 18.2 Å². The van der Waals surface area contributed by atoms with Crippen LogP contribution < -0.4 is 10.1 Å². The minimum Gasteiger partial charge on any atom is -0.497 e. The fourth-order valence-electron chi connectivity index (χ4n) is 2.24. The van der Waals surface area contributed by atoms with Gasteiger partial charge in [-0.3, -0.25) is 9.59 Å². The van der Waals surface area contributed by atoms with Crippen LogP contribution in [0.4, 0.5) is 5.69 Å². The van der Waals surface area contributed by atoms with E-state index in [1.54, 1.807) is 24.3 Å². The summed E-state index contributed by atoms with van der Waals surface area (Å²) in [6.07, 6.45) is 1.15. The maximum Gasteiger partial charge on any atom is 0.248 e. The van der Waals surface area contributed by atoms with E-state index in [1.807, 2.05) is 0 Å². The normalized spacial score (nSPS) is 18.7. The van der Waals surface area contributed by atoms with Crippen molar-refractivity contribution in [2.45, 2.75) is 18.9 Å². The molecule has 1 aromatic rings. The van der Waals surface area contributed by atoms with Crippen molar-refractivity contribution in [3.63, 3.8) is 0 Å². The van der Waals surface area contributed by atoms with E-state index in [1.165, 1.54) is 7.11 Å². The monoisotopic (exact) mass is 312 g/mol. The second kappa shape index (κ2) is 5.72. The molecule has 1 atom stereocenters. The number of ether oxygens (including phenoxy) is 1. The van der Waals surface area contributed by atoms with E-state index in [0.717, 1.165) is 6.26 Å². The molecule has 2 amide bonds. The Morgan fingerprint density at radius 1 is 1.43 bits per heavy atom. The average molecular weight is 312 g/mol. The van der Waals surface area contributed by atoms with Gasteiger partial charge in [0.25, 0.3) is 0 Å². The molecule has 1 aliphatic rings. The Labute approximate surface area is 122 Å². The Kier molecular flexibility index (Phi) is 4.17. The number of carbonyl (C=O) groups is 2. The first-order valence-corrected chi connectivity index (χ1v) is 8.15. The minimum absolute atomic E-state index is 0.0449. The third-order valence-corrected chi connectivity index (χ3v) is 4.33. The minimum atomic E-state index is -3.75. The molecule has 0 aromatic heterocycles. The second-order valence-corrected chi connectivity index (χ2v) is 6.59. The van der Waals surface area contributed by atoms with Crippen molar-refractivity contribution in [3.05, 3.63) is 24.3 Å². The summed E-state index contributed by atoms with van der Waals surface area (Å²) in [5, 5.41) is 2.60. The molecule has 0 bridgehead atoms. The Balaban J connectivity index is 2.18. The van der Waals surface area contributed by atoms with E-state index >= 15 is 0 Å². The maximum atomic E-state index is 12.2. The smallest absolute Gasteiger partial charge is 0.248 e. The van der Waals surface area contributed by atoms with Gasteiger partial charge in [-0.25, -0.2) is 12.7 Å². The molecule has 1 aliphatic heterocycles. The highest BCUT2D eigenvalue weighted by atomic mass is 32.2. The number of sulfonamides is 1. The fourth-order valence-corrected chi connectivity index (χ4v) is 3.37. The number of rotatable bonds is 4. The molecule has 21 heavy (non-hydrogen) atoms. The van der Waals surface area contributed by atoms with Gasteiger partial charge in [0.05, 0.1) is 13.4 Å². The van der Waals surface area contributed by atoms with E-state index in [2.05, 4.69) is 5.32 Å². The van der Waals surface area contributed by atoms with Gasteiger partial charge >= 0.3 is 0 Å². The van der Waals surface area contributed by atoms with Gasteiger partial charge in [-0.05, 0) is 18.6 Å². The van der Waals surface area contributed by atoms with Gasteiger partial charge in [0.2, 0.25) is 21.8 Å². The van der Waals surface area contributed by atoms with Gasteiger partial charge < -0.3 is 10.1 Å². The number of nitrogens with zero attached hydrogens (tertiary/aromatic N) is 1. The summed E-state index contributed by atoms with van der Waals surface area (Å²) in [7, 11) is -2.25. The summed E-state index contributed by atoms with van der Waals surface area (Å²) in [5.41, 5.74) is 0.479. The molecule has 114 valence electrons. The Morgan fingerprint density at radius 2 is 2.14 bits per heavy atom. The highest BCUT2D eigenvalue weighted by molar-refractivity contribution is 7.89. The number of carbonyl (C=O) groups excluding carboxylic acids is 2. The second-order valence-electron chi connectivity index (χ2n) is 4.73. The zero-order chi connectivity index (χ0) is 15.6. The molecular formula is C13H16N2O5S. The molecule has 1 unspecified atom stereocenters. The van der Waals surface area contributed by atoms with Crippen LogP contribution >= 0.6 is 0 Å². The van der Waals surface area contributed by atoms with Crippen LogP contribution in [0.15, 0.2) is 24.3 Å². The lowest BCUT2D eigenvalue weighted by molar-refractivity contribution is -0.128. The van der Waals surface area contributed by atoms with Gasteiger partial charge in [-0.1, -0.05) is 6.07 Å². The summed E-state index contributed by atoms with van der Waals surface area (Å²) >= 11 is 0. The van der Waals surface area contributed by atoms with Crippen LogP contribution in [-0.2, 0) is 19.6 Å². The Hall–Kier alpha value is -2.09. The average Bonchev–Trinajstić information content (AvgIpc) is 2.81. The molecule has 1 fully saturated rings. The van der Waals surface area contributed by atoms with Crippen molar-refractivity contribution in [1.82, 2.24) is 4.31 Å². The maximum absolute atomic E-state index is 12.2. The number of hydrogen-bond acceptors (Lipinski definition) is 5. The predicted molar refractivity (Wildman–Crippen MR) is 76.3 cm³/mol. The summed E-state index contributed by atoms with van der Waals surface area (Å²) in [6, 6.07) is 5.68. The summed E-state index contributed by atoms with van der Waals surface area (Å²) in [6.45, 7) is 0. The fraction of sp³-hybridized carbons (Fsp3) is 0.385. The van der Waals surface area contributed by atoms with E-state index in [4.69, 9.17) is 4.74 Å². The third kappa shape index (κ3) is 3.33. The molecule has 1 aromatic carbocycles. The van der Waals surface area contributed by atoms with Crippen molar-refractivity contribution in [3.8, 4) is 5.75 Å². The molecule has 1 saturated heterocycles. The molecule has 2 rings (SSSR count). The molecule has 0 saturated carbocycles. The molecule has 1 heterocycles. The van der Waals surface area contributed by atoms with E-state index in [-0.39, 0.29) is 12.8 Å². The lowest BCUT2D eigenvalue weighted by Crippen LogP contribution is -2.44. The van der Waals surface area contributed by atoms with Crippen molar-refractivity contribution < 1.29 is 22.7 Å². The van der Waals surface area contributed by atoms with E-state index in [9.17, 15) is 18.0 Å². The highest BCUT2D eigenvalue weighted by Gasteiger charge is 2.41. The molecule has 0 aliphatic carbocycles. The van der Waals surface area contributed by atoms with Crippen molar-refractivity contribution in [1.29, 1.82) is 0 Å². The van der Waals surface area contributed by atoms with Crippen LogP contribution in [0.25, 0.3) is 0 Å². The molecule has 1 N–H and O–H groups in total. The van der Waals surface area contributed by atoms with Crippen LogP contribution in [0.1, 0.15) is 12.8 Å². The Morgan fingerprint density at radius 3 is 2.76 bits per heavy atom. The first-order valence-electron chi connectivity index (χ1n) is 6.30. The lowest BCUT2D eigenvalue weighted by atomic mass is 10.2. The third-order valence-electron chi connectivity index (χ3n) is 3.16. The number of anilines is 1. The summed E-state index contributed by atoms with van der Waals surface area (Å²) in [5.74, 6) is -0.516. The molecule has 0 radical (unpaired) electrons. The van der Waals surface area contributed by atoms with Crippen LogP contribution in [0.3, 0.4) is 0 Å². The highest BCUT2D eigenvalue weighted by Crippen LogP contribution is 2.24. The van der Waals surface area contributed by atoms with Crippen molar-refractivity contribution in [2.75, 3.05) is 18.7 Å². The zero-order valence-electron chi connectivity index (χ0n) is 11.7. The number of methoxy groups -OCH3 is 1. The van der Waals surface area contributed by atoms with E-state index < -0.39 is 27.9 Å². The molecule has 7 nitrogen and oxygen atoms in total.